The van der Waals surface area contributed by atoms with Crippen LogP contribution >= 0.6 is 11.3 Å². The second-order valence-electron chi connectivity index (χ2n) is 4.43. The first-order valence-corrected chi connectivity index (χ1v) is 6.67. The number of thiophene rings is 1. The summed E-state index contributed by atoms with van der Waals surface area (Å²) in [7, 11) is 0. The third-order valence-electron chi connectivity index (χ3n) is 3.23. The summed E-state index contributed by atoms with van der Waals surface area (Å²) in [5, 5.41) is 10.8. The molecule has 4 heteroatoms. The van der Waals surface area contributed by atoms with Gasteiger partial charge in [-0.15, -0.1) is 21.5 Å². The molecule has 0 aromatic carbocycles. The van der Waals surface area contributed by atoms with Crippen molar-refractivity contribution in [3.05, 3.63) is 34.0 Å². The number of rotatable bonds is 2. The Morgan fingerprint density at radius 3 is 3.25 bits per heavy atom. The Labute approximate surface area is 99.1 Å². The van der Waals surface area contributed by atoms with E-state index in [0.717, 1.165) is 18.8 Å². The molecule has 0 fully saturated rings. The number of aromatic nitrogens is 3. The molecule has 1 unspecified atom stereocenters. The highest BCUT2D eigenvalue weighted by Gasteiger charge is 2.21. The minimum Gasteiger partial charge on any atom is -0.314 e. The lowest BCUT2D eigenvalue weighted by atomic mass is 10.0. The largest absolute Gasteiger partial charge is 0.314 e. The van der Waals surface area contributed by atoms with Gasteiger partial charge in [-0.3, -0.25) is 0 Å². The van der Waals surface area contributed by atoms with Crippen LogP contribution in [0.3, 0.4) is 0 Å². The Hall–Kier alpha value is -1.16. The van der Waals surface area contributed by atoms with E-state index < -0.39 is 0 Å². The van der Waals surface area contributed by atoms with E-state index in [9.17, 15) is 0 Å². The molecule has 3 rings (SSSR count). The average Bonchev–Trinajstić information content (AvgIpc) is 2.90. The second-order valence-corrected chi connectivity index (χ2v) is 5.46. The van der Waals surface area contributed by atoms with Crippen molar-refractivity contribution in [2.45, 2.75) is 38.6 Å². The smallest absolute Gasteiger partial charge is 0.138 e. The van der Waals surface area contributed by atoms with Crippen LogP contribution in [0.1, 0.15) is 42.2 Å². The minimum atomic E-state index is 0.568. The molecule has 1 atom stereocenters. The van der Waals surface area contributed by atoms with Crippen molar-refractivity contribution >= 4 is 11.3 Å². The molecule has 84 valence electrons. The van der Waals surface area contributed by atoms with Crippen LogP contribution in [-0.4, -0.2) is 14.8 Å². The summed E-state index contributed by atoms with van der Waals surface area (Å²) in [5.74, 6) is 2.88. The number of fused-ring (bicyclic) bond motifs is 1. The third-order valence-corrected chi connectivity index (χ3v) is 4.10. The summed E-state index contributed by atoms with van der Waals surface area (Å²) in [4.78, 5) is 1.37. The molecule has 0 aliphatic carbocycles. The molecule has 3 nitrogen and oxygen atoms in total. The lowest BCUT2D eigenvalue weighted by molar-refractivity contribution is 0.456. The Morgan fingerprint density at radius 2 is 2.44 bits per heavy atom. The van der Waals surface area contributed by atoms with E-state index in [1.165, 1.54) is 23.5 Å². The van der Waals surface area contributed by atoms with Gasteiger partial charge in [0.25, 0.3) is 0 Å². The Kier molecular flexibility index (Phi) is 2.52. The molecule has 0 saturated carbocycles. The van der Waals surface area contributed by atoms with Crippen LogP contribution in [0.5, 0.6) is 0 Å². The summed E-state index contributed by atoms with van der Waals surface area (Å²) in [6.07, 6.45) is 3.43. The summed E-state index contributed by atoms with van der Waals surface area (Å²) in [5.41, 5.74) is 0. The summed E-state index contributed by atoms with van der Waals surface area (Å²) < 4.78 is 2.31. The highest BCUT2D eigenvalue weighted by molar-refractivity contribution is 7.09. The molecule has 2 aromatic heterocycles. The monoisotopic (exact) mass is 233 g/mol. The van der Waals surface area contributed by atoms with Gasteiger partial charge in [-0.2, -0.15) is 0 Å². The van der Waals surface area contributed by atoms with Crippen molar-refractivity contribution in [3.63, 3.8) is 0 Å². The number of hydrogen-bond donors (Lipinski definition) is 0. The molecule has 16 heavy (non-hydrogen) atoms. The van der Waals surface area contributed by atoms with Gasteiger partial charge in [-0.25, -0.2) is 0 Å². The van der Waals surface area contributed by atoms with Gasteiger partial charge in [0.2, 0.25) is 0 Å². The number of nitrogens with zero attached hydrogens (tertiary/aromatic N) is 3. The maximum absolute atomic E-state index is 4.34. The highest BCUT2D eigenvalue weighted by Crippen LogP contribution is 2.26. The van der Waals surface area contributed by atoms with Crippen molar-refractivity contribution in [3.8, 4) is 0 Å². The second kappa shape index (κ2) is 4.01. The van der Waals surface area contributed by atoms with Crippen molar-refractivity contribution in [2.75, 3.05) is 0 Å². The quantitative estimate of drug-likeness (QED) is 0.798. The molecule has 1 aliphatic heterocycles. The van der Waals surface area contributed by atoms with Crippen LogP contribution in [0.15, 0.2) is 17.5 Å². The van der Waals surface area contributed by atoms with Crippen LogP contribution in [-0.2, 0) is 13.0 Å². The first-order chi connectivity index (χ1) is 7.84. The fraction of sp³-hybridized carbons (Fsp3) is 0.500. The molecule has 0 N–H and O–H groups in total. The van der Waals surface area contributed by atoms with Crippen LogP contribution in [0, 0.1) is 0 Å². The third kappa shape index (κ3) is 1.67. The first-order valence-electron chi connectivity index (χ1n) is 5.79. The Bertz CT molecular complexity index is 472. The van der Waals surface area contributed by atoms with Gasteiger partial charge in [-0.1, -0.05) is 13.0 Å². The van der Waals surface area contributed by atoms with Gasteiger partial charge in [0, 0.05) is 23.8 Å². The van der Waals surface area contributed by atoms with Crippen LogP contribution in [0.2, 0.25) is 0 Å². The molecule has 0 radical (unpaired) electrons. The topological polar surface area (TPSA) is 30.7 Å². The van der Waals surface area contributed by atoms with Gasteiger partial charge < -0.3 is 4.57 Å². The average molecular weight is 233 g/mol. The van der Waals surface area contributed by atoms with E-state index in [4.69, 9.17) is 0 Å². The molecule has 0 amide bonds. The van der Waals surface area contributed by atoms with Gasteiger partial charge in [0.05, 0.1) is 0 Å². The zero-order valence-corrected chi connectivity index (χ0v) is 10.2. The SMILES string of the molecule is CC1CCCn2c(Cc3cccs3)nnc21. The van der Waals surface area contributed by atoms with Crippen LogP contribution in [0.4, 0.5) is 0 Å². The Balaban J connectivity index is 1.91. The van der Waals surface area contributed by atoms with Gasteiger partial charge in [0.15, 0.2) is 0 Å². The van der Waals surface area contributed by atoms with Crippen molar-refractivity contribution in [1.29, 1.82) is 0 Å². The van der Waals surface area contributed by atoms with Crippen molar-refractivity contribution in [2.24, 2.45) is 0 Å². The van der Waals surface area contributed by atoms with E-state index in [-0.39, 0.29) is 0 Å². The van der Waals surface area contributed by atoms with Gasteiger partial charge in [-0.05, 0) is 24.3 Å². The summed E-state index contributed by atoms with van der Waals surface area (Å²) in [6.45, 7) is 3.34. The van der Waals surface area contributed by atoms with Gasteiger partial charge >= 0.3 is 0 Å². The Morgan fingerprint density at radius 1 is 1.50 bits per heavy atom. The lowest BCUT2D eigenvalue weighted by Gasteiger charge is -2.20. The molecule has 2 aromatic rings. The van der Waals surface area contributed by atoms with E-state index in [1.807, 2.05) is 0 Å². The van der Waals surface area contributed by atoms with E-state index >= 15 is 0 Å². The maximum Gasteiger partial charge on any atom is 0.138 e. The van der Waals surface area contributed by atoms with Crippen molar-refractivity contribution < 1.29 is 0 Å². The minimum absolute atomic E-state index is 0.568. The molecule has 0 spiro atoms. The maximum atomic E-state index is 4.34. The normalized spacial score (nSPS) is 19.7. The zero-order valence-electron chi connectivity index (χ0n) is 9.39. The fourth-order valence-electron chi connectivity index (χ4n) is 2.34. The highest BCUT2D eigenvalue weighted by atomic mass is 32.1. The van der Waals surface area contributed by atoms with E-state index in [0.29, 0.717) is 5.92 Å². The van der Waals surface area contributed by atoms with Gasteiger partial charge in [0.1, 0.15) is 11.6 Å². The zero-order chi connectivity index (χ0) is 11.0. The van der Waals surface area contributed by atoms with Crippen molar-refractivity contribution in [1.82, 2.24) is 14.8 Å². The summed E-state index contributed by atoms with van der Waals surface area (Å²) >= 11 is 1.79. The molecular formula is C12H15N3S. The predicted octanol–water partition coefficient (Wildman–Crippen LogP) is 2.83. The molecular weight excluding hydrogens is 218 g/mol. The number of hydrogen-bond acceptors (Lipinski definition) is 3. The van der Waals surface area contributed by atoms with Crippen LogP contribution in [0.25, 0.3) is 0 Å². The standard InChI is InChI=1S/C12H15N3S/c1-9-4-2-6-15-11(13-14-12(9)15)8-10-5-3-7-16-10/h3,5,7,9H,2,4,6,8H2,1H3. The van der Waals surface area contributed by atoms with Crippen LogP contribution < -0.4 is 0 Å². The molecule has 1 aliphatic rings. The van der Waals surface area contributed by atoms with E-state index in [1.54, 1.807) is 11.3 Å². The fourth-order valence-corrected chi connectivity index (χ4v) is 3.04. The molecule has 3 heterocycles. The summed E-state index contributed by atoms with van der Waals surface area (Å²) in [6, 6.07) is 4.26. The first kappa shape index (κ1) is 10.0. The molecule has 0 bridgehead atoms. The molecule has 0 saturated heterocycles. The van der Waals surface area contributed by atoms with E-state index in [2.05, 4.69) is 39.2 Å². The lowest BCUT2D eigenvalue weighted by Crippen LogP contribution is -2.16. The predicted molar refractivity (Wildman–Crippen MR) is 64.8 cm³/mol.